The lowest BCUT2D eigenvalue weighted by atomic mass is 9.94. The summed E-state index contributed by atoms with van der Waals surface area (Å²) >= 11 is 0. The molecule has 0 saturated carbocycles. The smallest absolute Gasteiger partial charge is 0.130 e. The molecule has 124 valence electrons. The molecule has 1 aromatic heterocycles. The molecule has 3 heteroatoms. The fourth-order valence-corrected chi connectivity index (χ4v) is 3.20. The Morgan fingerprint density at radius 1 is 0.958 bits per heavy atom. The molecule has 0 amide bonds. The summed E-state index contributed by atoms with van der Waals surface area (Å²) in [7, 11) is 0. The molecule has 0 saturated heterocycles. The van der Waals surface area contributed by atoms with Gasteiger partial charge in [-0.25, -0.2) is 4.68 Å². The van der Waals surface area contributed by atoms with Gasteiger partial charge in [0.25, 0.3) is 0 Å². The topological polar surface area (TPSA) is 43.8 Å². The van der Waals surface area contributed by atoms with Gasteiger partial charge in [-0.15, -0.1) is 0 Å². The zero-order valence-electron chi connectivity index (χ0n) is 14.7. The second-order valence-electron chi connectivity index (χ2n) is 6.66. The number of nitrogen functional groups attached to an aromatic ring is 1. The van der Waals surface area contributed by atoms with E-state index in [1.165, 1.54) is 5.56 Å². The van der Waals surface area contributed by atoms with Gasteiger partial charge in [-0.3, -0.25) is 0 Å². The molecule has 0 fully saturated rings. The standard InChI is InChI=1S/C21H25N3/c1-4-11-18-19(16-12-7-5-8-13-16)20(22)24(23-18)21(2,3)17-14-9-6-10-15-17/h5-10,12-15H,4,11,22H2,1-3H3. The monoisotopic (exact) mass is 319 g/mol. The number of hydrogen-bond donors (Lipinski definition) is 1. The Hall–Kier alpha value is -2.55. The Kier molecular flexibility index (Phi) is 4.43. The number of nitrogens with zero attached hydrogens (tertiary/aromatic N) is 2. The molecule has 0 aliphatic carbocycles. The first-order chi connectivity index (χ1) is 11.6. The summed E-state index contributed by atoms with van der Waals surface area (Å²) in [5.41, 5.74) is 10.8. The molecule has 0 atom stereocenters. The maximum Gasteiger partial charge on any atom is 0.130 e. The third-order valence-corrected chi connectivity index (χ3v) is 4.55. The van der Waals surface area contributed by atoms with Crippen LogP contribution in [-0.2, 0) is 12.0 Å². The summed E-state index contributed by atoms with van der Waals surface area (Å²) in [5.74, 6) is 0.735. The minimum absolute atomic E-state index is 0.305. The number of hydrogen-bond acceptors (Lipinski definition) is 2. The molecule has 0 radical (unpaired) electrons. The van der Waals surface area contributed by atoms with Crippen molar-refractivity contribution in [3.8, 4) is 11.1 Å². The number of benzene rings is 2. The summed E-state index contributed by atoms with van der Waals surface area (Å²) in [6, 6.07) is 20.7. The predicted octanol–water partition coefficient (Wildman–Crippen LogP) is 4.87. The van der Waals surface area contributed by atoms with Gasteiger partial charge in [0.15, 0.2) is 0 Å². The van der Waals surface area contributed by atoms with E-state index in [1.54, 1.807) is 0 Å². The van der Waals surface area contributed by atoms with E-state index in [0.29, 0.717) is 0 Å². The van der Waals surface area contributed by atoms with Crippen LogP contribution in [0.4, 0.5) is 5.82 Å². The van der Waals surface area contributed by atoms with Crippen LogP contribution < -0.4 is 5.73 Å². The molecule has 0 bridgehead atoms. The van der Waals surface area contributed by atoms with Gasteiger partial charge in [-0.2, -0.15) is 5.10 Å². The van der Waals surface area contributed by atoms with Crippen LogP contribution >= 0.6 is 0 Å². The molecule has 3 aromatic rings. The van der Waals surface area contributed by atoms with Crippen molar-refractivity contribution in [3.63, 3.8) is 0 Å². The van der Waals surface area contributed by atoms with Gasteiger partial charge in [0.1, 0.15) is 5.82 Å². The zero-order valence-corrected chi connectivity index (χ0v) is 14.7. The number of aromatic nitrogens is 2. The fraction of sp³-hybridized carbons (Fsp3) is 0.286. The summed E-state index contributed by atoms with van der Waals surface area (Å²) < 4.78 is 1.98. The molecule has 2 aromatic carbocycles. The first-order valence-electron chi connectivity index (χ1n) is 8.54. The first kappa shape index (κ1) is 16.3. The first-order valence-corrected chi connectivity index (χ1v) is 8.54. The van der Waals surface area contributed by atoms with E-state index in [0.717, 1.165) is 35.5 Å². The van der Waals surface area contributed by atoms with E-state index in [2.05, 4.69) is 57.2 Å². The Balaban J connectivity index is 2.17. The van der Waals surface area contributed by atoms with Gasteiger partial charge in [0, 0.05) is 5.56 Å². The molecular weight excluding hydrogens is 294 g/mol. The molecule has 0 aliphatic rings. The molecule has 0 spiro atoms. The van der Waals surface area contributed by atoms with E-state index in [1.807, 2.05) is 28.9 Å². The molecule has 1 heterocycles. The van der Waals surface area contributed by atoms with Crippen molar-refractivity contribution < 1.29 is 0 Å². The van der Waals surface area contributed by atoms with Gasteiger partial charge in [0.2, 0.25) is 0 Å². The predicted molar refractivity (Wildman–Crippen MR) is 101 cm³/mol. The molecular formula is C21H25N3. The highest BCUT2D eigenvalue weighted by Gasteiger charge is 2.29. The van der Waals surface area contributed by atoms with Crippen LogP contribution in [0.2, 0.25) is 0 Å². The van der Waals surface area contributed by atoms with Crippen molar-refractivity contribution in [2.45, 2.75) is 39.2 Å². The van der Waals surface area contributed by atoms with E-state index in [4.69, 9.17) is 10.8 Å². The normalized spacial score (nSPS) is 11.6. The Morgan fingerprint density at radius 3 is 2.12 bits per heavy atom. The molecule has 2 N–H and O–H groups in total. The van der Waals surface area contributed by atoms with Crippen LogP contribution in [0.25, 0.3) is 11.1 Å². The fourth-order valence-electron chi connectivity index (χ4n) is 3.20. The maximum absolute atomic E-state index is 6.59. The lowest BCUT2D eigenvalue weighted by Gasteiger charge is -2.27. The van der Waals surface area contributed by atoms with E-state index in [9.17, 15) is 0 Å². The van der Waals surface area contributed by atoms with Crippen molar-refractivity contribution in [2.24, 2.45) is 0 Å². The maximum atomic E-state index is 6.59. The van der Waals surface area contributed by atoms with Gasteiger partial charge in [-0.05, 0) is 31.4 Å². The van der Waals surface area contributed by atoms with E-state index < -0.39 is 0 Å². The van der Waals surface area contributed by atoms with Gasteiger partial charge < -0.3 is 5.73 Å². The van der Waals surface area contributed by atoms with E-state index >= 15 is 0 Å². The zero-order chi connectivity index (χ0) is 17.2. The molecule has 0 aliphatic heterocycles. The average Bonchev–Trinajstić information content (AvgIpc) is 2.94. The van der Waals surface area contributed by atoms with Gasteiger partial charge in [-0.1, -0.05) is 74.0 Å². The quantitative estimate of drug-likeness (QED) is 0.729. The molecule has 0 unspecified atom stereocenters. The number of rotatable bonds is 5. The largest absolute Gasteiger partial charge is 0.383 e. The van der Waals surface area contributed by atoms with Crippen LogP contribution in [0.5, 0.6) is 0 Å². The minimum Gasteiger partial charge on any atom is -0.383 e. The lowest BCUT2D eigenvalue weighted by molar-refractivity contribution is 0.394. The van der Waals surface area contributed by atoms with Crippen molar-refractivity contribution >= 4 is 5.82 Å². The van der Waals surface area contributed by atoms with Crippen molar-refractivity contribution in [1.82, 2.24) is 9.78 Å². The number of anilines is 1. The summed E-state index contributed by atoms with van der Waals surface area (Å²) in [5, 5.41) is 4.92. The highest BCUT2D eigenvalue weighted by atomic mass is 15.4. The highest BCUT2D eigenvalue weighted by molar-refractivity contribution is 5.77. The summed E-state index contributed by atoms with van der Waals surface area (Å²) in [6.45, 7) is 6.50. The number of aryl methyl sites for hydroxylation is 1. The molecule has 3 rings (SSSR count). The minimum atomic E-state index is -0.305. The lowest BCUT2D eigenvalue weighted by Crippen LogP contribution is -2.30. The number of nitrogens with two attached hydrogens (primary N) is 1. The van der Waals surface area contributed by atoms with Crippen LogP contribution in [0.3, 0.4) is 0 Å². The summed E-state index contributed by atoms with van der Waals surface area (Å²) in [4.78, 5) is 0. The van der Waals surface area contributed by atoms with Crippen LogP contribution in [0.15, 0.2) is 60.7 Å². The highest BCUT2D eigenvalue weighted by Crippen LogP contribution is 2.36. The van der Waals surface area contributed by atoms with Gasteiger partial charge in [0.05, 0.1) is 11.2 Å². The van der Waals surface area contributed by atoms with Crippen molar-refractivity contribution in [1.29, 1.82) is 0 Å². The second kappa shape index (κ2) is 6.52. The Morgan fingerprint density at radius 2 is 1.54 bits per heavy atom. The Labute approximate surface area is 144 Å². The van der Waals surface area contributed by atoms with Gasteiger partial charge >= 0.3 is 0 Å². The second-order valence-corrected chi connectivity index (χ2v) is 6.66. The molecule has 24 heavy (non-hydrogen) atoms. The van der Waals surface area contributed by atoms with Crippen LogP contribution in [-0.4, -0.2) is 9.78 Å². The Bertz CT molecular complexity index is 802. The van der Waals surface area contributed by atoms with Crippen molar-refractivity contribution in [3.05, 3.63) is 71.9 Å². The summed E-state index contributed by atoms with van der Waals surface area (Å²) in [6.07, 6.45) is 1.97. The molecule has 3 nitrogen and oxygen atoms in total. The van der Waals surface area contributed by atoms with Crippen LogP contribution in [0, 0.1) is 0 Å². The third kappa shape index (κ3) is 2.82. The third-order valence-electron chi connectivity index (χ3n) is 4.55. The average molecular weight is 319 g/mol. The van der Waals surface area contributed by atoms with Crippen LogP contribution in [0.1, 0.15) is 38.4 Å². The van der Waals surface area contributed by atoms with Crippen molar-refractivity contribution in [2.75, 3.05) is 5.73 Å². The van der Waals surface area contributed by atoms with E-state index in [-0.39, 0.29) is 5.54 Å². The SMILES string of the molecule is CCCc1nn(C(C)(C)c2ccccc2)c(N)c1-c1ccccc1.